The molecule has 0 saturated heterocycles. The van der Waals surface area contributed by atoms with Crippen LogP contribution in [-0.4, -0.2) is 19.0 Å². The van der Waals surface area contributed by atoms with Gasteiger partial charge in [-0.1, -0.05) is 37.3 Å². The highest BCUT2D eigenvalue weighted by Gasteiger charge is 2.57. The molecule has 0 aromatic heterocycles. The minimum atomic E-state index is -0.336. The van der Waals surface area contributed by atoms with Crippen molar-refractivity contribution in [1.29, 1.82) is 0 Å². The van der Waals surface area contributed by atoms with Gasteiger partial charge in [-0.05, 0) is 36.2 Å². The number of carbonyl (C=O) groups excluding carboxylic acids is 2. The van der Waals surface area contributed by atoms with Gasteiger partial charge in [0, 0.05) is 0 Å². The van der Waals surface area contributed by atoms with Crippen molar-refractivity contribution in [2.75, 3.05) is 7.11 Å². The smallest absolute Gasteiger partial charge is 0.310 e. The number of ether oxygens (including phenoxy) is 2. The van der Waals surface area contributed by atoms with Crippen LogP contribution in [0.15, 0.2) is 30.3 Å². The van der Waals surface area contributed by atoms with Gasteiger partial charge in [0.05, 0.1) is 18.9 Å². The maximum atomic E-state index is 12.5. The Morgan fingerprint density at radius 2 is 1.82 bits per heavy atom. The first-order valence-corrected chi connectivity index (χ1v) is 7.90. The van der Waals surface area contributed by atoms with Crippen molar-refractivity contribution in [3.63, 3.8) is 0 Å². The number of methoxy groups -OCH3 is 1. The van der Waals surface area contributed by atoms with E-state index in [1.165, 1.54) is 7.11 Å². The van der Waals surface area contributed by atoms with Gasteiger partial charge >= 0.3 is 11.9 Å². The van der Waals surface area contributed by atoms with Crippen molar-refractivity contribution in [2.24, 2.45) is 29.6 Å². The van der Waals surface area contributed by atoms with Crippen molar-refractivity contribution in [2.45, 2.75) is 26.4 Å². The van der Waals surface area contributed by atoms with Gasteiger partial charge in [-0.25, -0.2) is 0 Å². The van der Waals surface area contributed by atoms with Gasteiger partial charge < -0.3 is 9.47 Å². The lowest BCUT2D eigenvalue weighted by Gasteiger charge is -2.31. The maximum Gasteiger partial charge on any atom is 0.310 e. The molecule has 2 aliphatic rings. The second-order valence-corrected chi connectivity index (χ2v) is 6.54. The predicted molar refractivity (Wildman–Crippen MR) is 80.6 cm³/mol. The number of hydrogen-bond acceptors (Lipinski definition) is 4. The minimum Gasteiger partial charge on any atom is -0.469 e. The zero-order valence-electron chi connectivity index (χ0n) is 13.0. The molecule has 22 heavy (non-hydrogen) atoms. The first kappa shape index (κ1) is 15.1. The normalized spacial score (nSPS) is 32.7. The highest BCUT2D eigenvalue weighted by molar-refractivity contribution is 5.83. The van der Waals surface area contributed by atoms with Gasteiger partial charge in [-0.2, -0.15) is 0 Å². The Kier molecular flexibility index (Phi) is 4.19. The summed E-state index contributed by atoms with van der Waals surface area (Å²) >= 11 is 0. The Hall–Kier alpha value is -1.84. The van der Waals surface area contributed by atoms with Gasteiger partial charge in [-0.15, -0.1) is 0 Å². The topological polar surface area (TPSA) is 52.6 Å². The van der Waals surface area contributed by atoms with E-state index < -0.39 is 0 Å². The Morgan fingerprint density at radius 3 is 2.50 bits per heavy atom. The molecule has 2 fully saturated rings. The van der Waals surface area contributed by atoms with Crippen LogP contribution < -0.4 is 0 Å². The molecule has 5 atom stereocenters. The van der Waals surface area contributed by atoms with Crippen molar-refractivity contribution < 1.29 is 19.1 Å². The number of rotatable bonds is 4. The molecule has 118 valence electrons. The van der Waals surface area contributed by atoms with Crippen LogP contribution in [0.5, 0.6) is 0 Å². The van der Waals surface area contributed by atoms with Crippen molar-refractivity contribution >= 4 is 11.9 Å². The standard InChI is InChI=1S/C18H22O4/c1-11-8-13-9-14(11)16(17(19)21-2)15(13)18(20)22-10-12-6-4-3-5-7-12/h3-7,11,13-16H,8-10H2,1-2H3/t11-,13?,14?,15-,16-/m0/s1. The fraction of sp³-hybridized carbons (Fsp3) is 0.556. The Morgan fingerprint density at radius 1 is 1.09 bits per heavy atom. The Balaban J connectivity index is 1.69. The quantitative estimate of drug-likeness (QED) is 0.803. The Labute approximate surface area is 130 Å². The number of benzene rings is 1. The van der Waals surface area contributed by atoms with Crippen LogP contribution >= 0.6 is 0 Å². The average Bonchev–Trinajstić information content (AvgIpc) is 3.09. The minimum absolute atomic E-state index is 0.251. The monoisotopic (exact) mass is 302 g/mol. The number of esters is 2. The van der Waals surface area contributed by atoms with E-state index in [1.807, 2.05) is 30.3 Å². The van der Waals surface area contributed by atoms with Crippen molar-refractivity contribution in [1.82, 2.24) is 0 Å². The predicted octanol–water partition coefficient (Wildman–Crippen LogP) is 2.81. The zero-order valence-corrected chi connectivity index (χ0v) is 13.0. The van der Waals surface area contributed by atoms with E-state index >= 15 is 0 Å². The summed E-state index contributed by atoms with van der Waals surface area (Å²) in [4.78, 5) is 24.6. The third-order valence-corrected chi connectivity index (χ3v) is 5.31. The lowest BCUT2D eigenvalue weighted by atomic mass is 9.74. The van der Waals surface area contributed by atoms with Crippen LogP contribution in [0.1, 0.15) is 25.3 Å². The molecule has 2 saturated carbocycles. The zero-order chi connectivity index (χ0) is 15.7. The van der Waals surface area contributed by atoms with Crippen LogP contribution in [0.25, 0.3) is 0 Å². The van der Waals surface area contributed by atoms with E-state index in [2.05, 4.69) is 6.92 Å². The summed E-state index contributed by atoms with van der Waals surface area (Å²) in [6, 6.07) is 9.61. The first-order chi connectivity index (χ1) is 10.6. The van der Waals surface area contributed by atoms with Gasteiger partial charge in [0.1, 0.15) is 6.61 Å². The SMILES string of the molecule is COC(=O)[C@H]1C2CC(C[C@@H]2C)[C@@H]1C(=O)OCc1ccccc1. The number of fused-ring (bicyclic) bond motifs is 2. The highest BCUT2D eigenvalue weighted by atomic mass is 16.5. The molecule has 2 aliphatic carbocycles. The number of hydrogen-bond donors (Lipinski definition) is 0. The summed E-state index contributed by atoms with van der Waals surface area (Å²) in [7, 11) is 1.39. The van der Waals surface area contributed by atoms with E-state index in [9.17, 15) is 9.59 Å². The van der Waals surface area contributed by atoms with Gasteiger partial charge in [0.25, 0.3) is 0 Å². The molecule has 0 radical (unpaired) electrons. The molecule has 3 rings (SSSR count). The van der Waals surface area contributed by atoms with Crippen LogP contribution in [-0.2, 0) is 25.7 Å². The van der Waals surface area contributed by atoms with Gasteiger partial charge in [-0.3, -0.25) is 9.59 Å². The fourth-order valence-electron chi connectivity index (χ4n) is 4.31. The molecule has 2 bridgehead atoms. The molecule has 0 spiro atoms. The maximum absolute atomic E-state index is 12.5. The average molecular weight is 302 g/mol. The van der Waals surface area contributed by atoms with Crippen LogP contribution in [0, 0.1) is 29.6 Å². The van der Waals surface area contributed by atoms with Crippen molar-refractivity contribution in [3.8, 4) is 0 Å². The second kappa shape index (κ2) is 6.11. The van der Waals surface area contributed by atoms with E-state index in [4.69, 9.17) is 9.47 Å². The summed E-state index contributed by atoms with van der Waals surface area (Å²) in [6.07, 6.45) is 1.94. The molecular weight excluding hydrogens is 280 g/mol. The second-order valence-electron chi connectivity index (χ2n) is 6.54. The Bertz CT molecular complexity index is 553. The van der Waals surface area contributed by atoms with Crippen LogP contribution in [0.4, 0.5) is 0 Å². The van der Waals surface area contributed by atoms with E-state index in [-0.39, 0.29) is 42.2 Å². The highest BCUT2D eigenvalue weighted by Crippen LogP contribution is 2.55. The molecule has 0 N–H and O–H groups in total. The van der Waals surface area contributed by atoms with Crippen LogP contribution in [0.3, 0.4) is 0 Å². The first-order valence-electron chi connectivity index (χ1n) is 7.90. The summed E-state index contributed by atoms with van der Waals surface area (Å²) in [6.45, 7) is 2.42. The van der Waals surface area contributed by atoms with Gasteiger partial charge in [0.2, 0.25) is 0 Å². The molecule has 0 amide bonds. The summed E-state index contributed by atoms with van der Waals surface area (Å²) < 4.78 is 10.4. The molecule has 0 aliphatic heterocycles. The number of carbonyl (C=O) groups is 2. The molecule has 4 nitrogen and oxygen atoms in total. The fourth-order valence-corrected chi connectivity index (χ4v) is 4.31. The summed E-state index contributed by atoms with van der Waals surface area (Å²) in [5.74, 6) is -0.190. The van der Waals surface area contributed by atoms with E-state index in [1.54, 1.807) is 0 Å². The molecular formula is C18H22O4. The molecule has 1 aromatic carbocycles. The molecule has 4 heteroatoms. The molecule has 2 unspecified atom stereocenters. The van der Waals surface area contributed by atoms with Crippen LogP contribution in [0.2, 0.25) is 0 Å². The van der Waals surface area contributed by atoms with Crippen molar-refractivity contribution in [3.05, 3.63) is 35.9 Å². The summed E-state index contributed by atoms with van der Waals surface area (Å²) in [5, 5.41) is 0. The lowest BCUT2D eigenvalue weighted by molar-refractivity contribution is -0.163. The molecule has 1 aromatic rings. The van der Waals surface area contributed by atoms with Gasteiger partial charge in [0.15, 0.2) is 0 Å². The lowest BCUT2D eigenvalue weighted by Crippen LogP contribution is -2.38. The largest absolute Gasteiger partial charge is 0.469 e. The summed E-state index contributed by atoms with van der Waals surface area (Å²) in [5.41, 5.74) is 0.960. The molecule has 0 heterocycles. The third kappa shape index (κ3) is 2.62. The third-order valence-electron chi connectivity index (χ3n) is 5.31. The van der Waals surface area contributed by atoms with E-state index in [0.717, 1.165) is 18.4 Å². The van der Waals surface area contributed by atoms with E-state index in [0.29, 0.717) is 5.92 Å².